The van der Waals surface area contributed by atoms with Gasteiger partial charge in [0.1, 0.15) is 0 Å². The van der Waals surface area contributed by atoms with E-state index < -0.39 is 5.41 Å². The summed E-state index contributed by atoms with van der Waals surface area (Å²) in [6.45, 7) is 0. The molecule has 12 aromatic carbocycles. The number of fused-ring (bicyclic) bond motifs is 15. The van der Waals surface area contributed by atoms with Crippen molar-refractivity contribution in [2.45, 2.75) is 5.41 Å². The van der Waals surface area contributed by atoms with Gasteiger partial charge in [-0.05, 0) is 140 Å². The van der Waals surface area contributed by atoms with Crippen LogP contribution in [-0.2, 0) is 5.41 Å². The maximum atomic E-state index is 2.52. The van der Waals surface area contributed by atoms with Crippen LogP contribution < -0.4 is 4.90 Å². The van der Waals surface area contributed by atoms with Gasteiger partial charge >= 0.3 is 0 Å². The number of hydrogen-bond donors (Lipinski definition) is 0. The van der Waals surface area contributed by atoms with E-state index in [1.54, 1.807) is 0 Å². The zero-order valence-corrected chi connectivity index (χ0v) is 41.5. The summed E-state index contributed by atoms with van der Waals surface area (Å²) in [6.07, 6.45) is 0. The van der Waals surface area contributed by atoms with Crippen molar-refractivity contribution in [1.29, 1.82) is 0 Å². The third-order valence-electron chi connectivity index (χ3n) is 16.5. The highest BCUT2D eigenvalue weighted by Crippen LogP contribution is 2.62. The van der Waals surface area contributed by atoms with Crippen LogP contribution in [0.4, 0.5) is 17.1 Å². The van der Waals surface area contributed by atoms with Gasteiger partial charge in [0.15, 0.2) is 0 Å². The highest BCUT2D eigenvalue weighted by atomic mass is 15.1. The van der Waals surface area contributed by atoms with Crippen LogP contribution in [0.15, 0.2) is 285 Å². The second kappa shape index (κ2) is 16.5. The molecule has 76 heavy (non-hydrogen) atoms. The van der Waals surface area contributed by atoms with Gasteiger partial charge in [0.25, 0.3) is 0 Å². The Balaban J connectivity index is 0.894. The molecule has 3 heteroatoms. The van der Waals surface area contributed by atoms with E-state index >= 15 is 0 Å². The van der Waals surface area contributed by atoms with E-state index in [4.69, 9.17) is 0 Å². The number of aromatic nitrogens is 2. The lowest BCUT2D eigenvalue weighted by atomic mass is 9.65. The van der Waals surface area contributed by atoms with Crippen LogP contribution in [0.25, 0.3) is 99.5 Å². The second-order valence-corrected chi connectivity index (χ2v) is 20.4. The number of rotatable bonds is 7. The van der Waals surface area contributed by atoms with E-state index in [1.165, 1.54) is 105 Å². The van der Waals surface area contributed by atoms with Crippen molar-refractivity contribution >= 4 is 60.7 Å². The monoisotopic (exact) mass is 965 g/mol. The van der Waals surface area contributed by atoms with Crippen LogP contribution in [0.1, 0.15) is 22.3 Å². The lowest BCUT2D eigenvalue weighted by Gasteiger charge is -2.39. The average Bonchev–Trinajstić information content (AvgIpc) is 4.29. The molecule has 0 saturated carbocycles. The van der Waals surface area contributed by atoms with Crippen molar-refractivity contribution in [1.82, 2.24) is 9.13 Å². The van der Waals surface area contributed by atoms with Crippen molar-refractivity contribution in [3.05, 3.63) is 307 Å². The Hall–Kier alpha value is -9.96. The lowest BCUT2D eigenvalue weighted by Crippen LogP contribution is -2.33. The second-order valence-electron chi connectivity index (χ2n) is 20.4. The summed E-state index contributed by atoms with van der Waals surface area (Å²) < 4.78 is 4.90. The van der Waals surface area contributed by atoms with Gasteiger partial charge in [0.05, 0.1) is 38.9 Å². The fourth-order valence-electron chi connectivity index (χ4n) is 13.3. The molecule has 1 spiro atoms. The molecule has 1 unspecified atom stereocenters. The summed E-state index contributed by atoms with van der Waals surface area (Å²) in [6, 6.07) is 106. The van der Waals surface area contributed by atoms with E-state index in [-0.39, 0.29) is 0 Å². The number of benzene rings is 12. The number of anilines is 3. The van der Waals surface area contributed by atoms with Gasteiger partial charge in [0, 0.05) is 44.2 Å². The number of para-hydroxylation sites is 6. The summed E-state index contributed by atoms with van der Waals surface area (Å²) in [5, 5.41) is 5.04. The minimum absolute atomic E-state index is 0.540. The van der Waals surface area contributed by atoms with Gasteiger partial charge < -0.3 is 14.0 Å². The summed E-state index contributed by atoms with van der Waals surface area (Å²) in [5.74, 6) is 0. The van der Waals surface area contributed by atoms with Crippen molar-refractivity contribution in [3.63, 3.8) is 0 Å². The molecule has 0 radical (unpaired) electrons. The Bertz CT molecular complexity index is 4640. The predicted octanol–water partition coefficient (Wildman–Crippen LogP) is 19.0. The van der Waals surface area contributed by atoms with Gasteiger partial charge in [-0.2, -0.15) is 0 Å². The minimum Gasteiger partial charge on any atom is -0.310 e. The first-order chi connectivity index (χ1) is 37.7. The number of hydrogen-bond acceptors (Lipinski definition) is 1. The molecular weight excluding hydrogens is 919 g/mol. The maximum absolute atomic E-state index is 2.52. The molecule has 2 aliphatic rings. The normalized spacial score (nSPS) is 14.1. The van der Waals surface area contributed by atoms with E-state index in [1.807, 2.05) is 0 Å². The largest absolute Gasteiger partial charge is 0.310 e. The van der Waals surface area contributed by atoms with Gasteiger partial charge in [-0.15, -0.1) is 0 Å². The molecule has 1 atom stereocenters. The van der Waals surface area contributed by atoms with Crippen LogP contribution in [0.2, 0.25) is 0 Å². The van der Waals surface area contributed by atoms with Gasteiger partial charge in [-0.25, -0.2) is 0 Å². The highest BCUT2D eigenvalue weighted by molar-refractivity contribution is 6.13. The molecule has 0 N–H and O–H groups in total. The van der Waals surface area contributed by atoms with Crippen LogP contribution in [0.5, 0.6) is 0 Å². The Morgan fingerprint density at radius 2 is 0.816 bits per heavy atom. The Labute approximate surface area is 441 Å². The molecule has 2 aromatic heterocycles. The highest BCUT2D eigenvalue weighted by Gasteiger charge is 2.51. The molecule has 3 nitrogen and oxygen atoms in total. The van der Waals surface area contributed by atoms with Crippen molar-refractivity contribution < 1.29 is 0 Å². The topological polar surface area (TPSA) is 13.1 Å². The van der Waals surface area contributed by atoms with E-state index in [9.17, 15) is 0 Å². The first-order valence-electron chi connectivity index (χ1n) is 26.3. The first kappa shape index (κ1) is 42.5. The standard InChI is InChI=1S/C73H47N3/c1-3-19-48(20-4-1)50-21-17-22-52(45-50)56-25-8-13-33-67(56)74(54-40-37-49(38-41-54)51-39-44-70-62(46-51)59-28-10-14-34-68(59)75(70)53-23-5-2-6-24-53)55-42-43-64-61(47-55)57-26-7-11-30-63(57)73(64)65-31-12-16-36-71(65)76-69-35-15-9-27-58(69)60-29-18-32-66(73)72(60)76/h1-47H. The van der Waals surface area contributed by atoms with E-state index in [2.05, 4.69) is 299 Å². The summed E-state index contributed by atoms with van der Waals surface area (Å²) in [5.41, 5.74) is 24.8. The minimum atomic E-state index is -0.540. The molecule has 16 rings (SSSR count). The third-order valence-corrected chi connectivity index (χ3v) is 16.5. The Morgan fingerprint density at radius 3 is 1.64 bits per heavy atom. The SMILES string of the molecule is c1ccc(-c2cccc(-c3ccccc3N(c3ccc(-c4ccc5c(c4)c4ccccc4n5-c4ccccc4)cc3)c3ccc4c(c3)-c3ccccc3C43c4ccccc4-n4c5ccccc5c5cccc3c54)c2)cc1. The van der Waals surface area contributed by atoms with Crippen LogP contribution in [0, 0.1) is 0 Å². The molecule has 0 saturated heterocycles. The zero-order chi connectivity index (χ0) is 49.9. The number of nitrogens with zero attached hydrogens (tertiary/aromatic N) is 3. The molecule has 3 heterocycles. The van der Waals surface area contributed by atoms with Gasteiger partial charge in [-0.1, -0.05) is 206 Å². The quantitative estimate of drug-likeness (QED) is 0.155. The smallest absolute Gasteiger partial charge is 0.0754 e. The first-order valence-corrected chi connectivity index (χ1v) is 26.3. The van der Waals surface area contributed by atoms with Crippen molar-refractivity contribution in [2.75, 3.05) is 4.90 Å². The predicted molar refractivity (Wildman–Crippen MR) is 317 cm³/mol. The van der Waals surface area contributed by atoms with Crippen LogP contribution in [0.3, 0.4) is 0 Å². The molecule has 1 aliphatic carbocycles. The molecular formula is C73H47N3. The summed E-state index contributed by atoms with van der Waals surface area (Å²) in [4.78, 5) is 2.48. The molecule has 14 aromatic rings. The summed E-state index contributed by atoms with van der Waals surface area (Å²) in [7, 11) is 0. The fourth-order valence-corrected chi connectivity index (χ4v) is 13.3. The van der Waals surface area contributed by atoms with Crippen LogP contribution >= 0.6 is 0 Å². The molecule has 1 aliphatic heterocycles. The van der Waals surface area contributed by atoms with E-state index in [0.29, 0.717) is 0 Å². The van der Waals surface area contributed by atoms with Crippen LogP contribution in [-0.4, -0.2) is 9.13 Å². The molecule has 0 amide bonds. The van der Waals surface area contributed by atoms with E-state index in [0.717, 1.165) is 33.9 Å². The summed E-state index contributed by atoms with van der Waals surface area (Å²) >= 11 is 0. The Morgan fingerprint density at radius 1 is 0.276 bits per heavy atom. The Kier molecular flexibility index (Phi) is 9.25. The maximum Gasteiger partial charge on any atom is 0.0754 e. The molecule has 0 fully saturated rings. The molecule has 0 bridgehead atoms. The lowest BCUT2D eigenvalue weighted by molar-refractivity contribution is 0.748. The van der Waals surface area contributed by atoms with Gasteiger partial charge in [-0.3, -0.25) is 0 Å². The zero-order valence-electron chi connectivity index (χ0n) is 41.5. The van der Waals surface area contributed by atoms with Crippen molar-refractivity contribution in [2.24, 2.45) is 0 Å². The average molecular weight is 966 g/mol. The van der Waals surface area contributed by atoms with Gasteiger partial charge in [0.2, 0.25) is 0 Å². The molecule has 354 valence electrons. The van der Waals surface area contributed by atoms with Crippen molar-refractivity contribution in [3.8, 4) is 55.9 Å². The fraction of sp³-hybridized carbons (Fsp3) is 0.0137. The third kappa shape index (κ3) is 6.05.